The molecule has 1 aliphatic carbocycles. The first-order chi connectivity index (χ1) is 13.5. The molecular weight excluding hydrogens is 352 g/mol. The van der Waals surface area contributed by atoms with Gasteiger partial charge in [0.15, 0.2) is 0 Å². The summed E-state index contributed by atoms with van der Waals surface area (Å²) in [4.78, 5) is 27.5. The van der Waals surface area contributed by atoms with E-state index in [0.717, 1.165) is 42.6 Å². The van der Waals surface area contributed by atoms with E-state index in [-0.39, 0.29) is 17.5 Å². The van der Waals surface area contributed by atoms with Crippen LogP contribution < -0.4 is 5.69 Å². The molecule has 28 heavy (non-hydrogen) atoms. The maximum absolute atomic E-state index is 12.9. The van der Waals surface area contributed by atoms with Crippen molar-refractivity contribution in [2.75, 3.05) is 13.1 Å². The molecule has 0 radical (unpaired) electrons. The summed E-state index contributed by atoms with van der Waals surface area (Å²) in [5, 5.41) is 4.59. The Morgan fingerprint density at radius 1 is 1.04 bits per heavy atom. The highest BCUT2D eigenvalue weighted by molar-refractivity contribution is 5.94. The van der Waals surface area contributed by atoms with Crippen LogP contribution in [0.5, 0.6) is 0 Å². The lowest BCUT2D eigenvalue weighted by molar-refractivity contribution is 0.0709. The predicted octanol–water partition coefficient (Wildman–Crippen LogP) is 3.33. The lowest BCUT2D eigenvalue weighted by Gasteiger charge is -2.32. The highest BCUT2D eigenvalue weighted by atomic mass is 16.2. The second-order valence-electron chi connectivity index (χ2n) is 8.44. The van der Waals surface area contributed by atoms with Gasteiger partial charge in [0.25, 0.3) is 5.91 Å². The van der Waals surface area contributed by atoms with E-state index in [9.17, 15) is 9.59 Å². The van der Waals surface area contributed by atoms with Crippen molar-refractivity contribution in [3.63, 3.8) is 0 Å². The molecule has 1 aliphatic heterocycles. The van der Waals surface area contributed by atoms with E-state index in [4.69, 9.17) is 0 Å². The molecule has 0 spiro atoms. The summed E-state index contributed by atoms with van der Waals surface area (Å²) < 4.78 is 3.44. The van der Waals surface area contributed by atoms with E-state index in [1.807, 2.05) is 34.6 Å². The zero-order valence-electron chi connectivity index (χ0n) is 17.1. The first-order valence-electron chi connectivity index (χ1n) is 10.5. The molecule has 1 amide bonds. The van der Waals surface area contributed by atoms with Crippen LogP contribution in [0, 0.1) is 13.8 Å². The topological polar surface area (TPSA) is 60.1 Å². The molecule has 2 aliphatic rings. The smallest absolute Gasteiger partial charge is 0.339 e. The third kappa shape index (κ3) is 3.40. The van der Waals surface area contributed by atoms with E-state index >= 15 is 0 Å². The number of nitrogens with zero attached hydrogens (tertiary/aromatic N) is 4. The van der Waals surface area contributed by atoms with Gasteiger partial charge in [-0.2, -0.15) is 5.10 Å². The van der Waals surface area contributed by atoms with Gasteiger partial charge < -0.3 is 4.90 Å². The number of rotatable bonds is 3. The van der Waals surface area contributed by atoms with E-state index < -0.39 is 0 Å². The highest BCUT2D eigenvalue weighted by Crippen LogP contribution is 2.33. The summed E-state index contributed by atoms with van der Waals surface area (Å²) in [6.45, 7) is 5.53. The molecule has 6 nitrogen and oxygen atoms in total. The molecule has 1 saturated carbocycles. The fourth-order valence-corrected chi connectivity index (χ4v) is 4.68. The molecule has 1 saturated heterocycles. The SMILES string of the molecule is Cc1ccc(C(=O)N2CCC(c3nn(C)c(=O)n3C3CCCC3)CC2)cc1C. The van der Waals surface area contributed by atoms with Gasteiger partial charge in [0.2, 0.25) is 0 Å². The van der Waals surface area contributed by atoms with Gasteiger partial charge >= 0.3 is 5.69 Å². The average Bonchev–Trinajstić information content (AvgIpc) is 3.32. The summed E-state index contributed by atoms with van der Waals surface area (Å²) in [6.07, 6.45) is 6.24. The molecular formula is C22H30N4O2. The number of likely N-dealkylation sites (tertiary alicyclic amines) is 1. The average molecular weight is 383 g/mol. The number of benzene rings is 1. The number of aryl methyl sites for hydroxylation is 3. The van der Waals surface area contributed by atoms with Crippen molar-refractivity contribution in [3.05, 3.63) is 51.2 Å². The van der Waals surface area contributed by atoms with Crippen molar-refractivity contribution in [1.29, 1.82) is 0 Å². The largest absolute Gasteiger partial charge is 0.345 e. The number of hydrogen-bond acceptors (Lipinski definition) is 3. The zero-order chi connectivity index (χ0) is 19.8. The first kappa shape index (κ1) is 19.0. The molecule has 0 unspecified atom stereocenters. The third-order valence-corrected chi connectivity index (χ3v) is 6.57. The summed E-state index contributed by atoms with van der Waals surface area (Å²) in [5.74, 6) is 1.28. The van der Waals surface area contributed by atoms with Gasteiger partial charge in [-0.25, -0.2) is 9.48 Å². The molecule has 0 N–H and O–H groups in total. The van der Waals surface area contributed by atoms with E-state index in [2.05, 4.69) is 12.0 Å². The Labute approximate surface area is 166 Å². The summed E-state index contributed by atoms with van der Waals surface area (Å²) in [6, 6.07) is 6.23. The van der Waals surface area contributed by atoms with Crippen LogP contribution in [0.15, 0.2) is 23.0 Å². The van der Waals surface area contributed by atoms with Crippen LogP contribution in [0.2, 0.25) is 0 Å². The Morgan fingerprint density at radius 2 is 1.71 bits per heavy atom. The molecule has 150 valence electrons. The quantitative estimate of drug-likeness (QED) is 0.818. The Bertz CT molecular complexity index is 928. The molecule has 2 aromatic rings. The third-order valence-electron chi connectivity index (χ3n) is 6.57. The van der Waals surface area contributed by atoms with Gasteiger partial charge in [-0.05, 0) is 62.8 Å². The second-order valence-corrected chi connectivity index (χ2v) is 8.44. The van der Waals surface area contributed by atoms with Crippen molar-refractivity contribution >= 4 is 5.91 Å². The minimum Gasteiger partial charge on any atom is -0.339 e. The van der Waals surface area contributed by atoms with Crippen LogP contribution in [0.3, 0.4) is 0 Å². The van der Waals surface area contributed by atoms with Crippen LogP contribution in [0.4, 0.5) is 0 Å². The van der Waals surface area contributed by atoms with E-state index in [0.29, 0.717) is 19.1 Å². The number of aromatic nitrogens is 3. The highest BCUT2D eigenvalue weighted by Gasteiger charge is 2.31. The van der Waals surface area contributed by atoms with Crippen molar-refractivity contribution in [1.82, 2.24) is 19.2 Å². The van der Waals surface area contributed by atoms with Gasteiger partial charge in [-0.1, -0.05) is 18.9 Å². The predicted molar refractivity (Wildman–Crippen MR) is 109 cm³/mol. The number of hydrogen-bond donors (Lipinski definition) is 0. The van der Waals surface area contributed by atoms with Gasteiger partial charge in [0.1, 0.15) is 5.82 Å². The molecule has 6 heteroatoms. The Balaban J connectivity index is 1.49. The number of piperidine rings is 1. The standard InChI is InChI=1S/C22H30N4O2/c1-15-8-9-18(14-16(15)2)21(27)25-12-10-17(11-13-25)20-23-24(3)22(28)26(20)19-6-4-5-7-19/h8-9,14,17,19H,4-7,10-13H2,1-3H3. The monoisotopic (exact) mass is 382 g/mol. The number of carbonyl (C=O) groups excluding carboxylic acids is 1. The van der Waals surface area contributed by atoms with Gasteiger partial charge in [-0.15, -0.1) is 0 Å². The summed E-state index contributed by atoms with van der Waals surface area (Å²) >= 11 is 0. The fourth-order valence-electron chi connectivity index (χ4n) is 4.68. The lowest BCUT2D eigenvalue weighted by Crippen LogP contribution is -2.38. The Hall–Kier alpha value is -2.37. The zero-order valence-corrected chi connectivity index (χ0v) is 17.1. The number of amides is 1. The molecule has 2 heterocycles. The van der Waals surface area contributed by atoms with Crippen LogP contribution in [0.25, 0.3) is 0 Å². The fraction of sp³-hybridized carbons (Fsp3) is 0.591. The van der Waals surface area contributed by atoms with Gasteiger partial charge in [-0.3, -0.25) is 9.36 Å². The second kappa shape index (κ2) is 7.57. The molecule has 4 rings (SSSR count). The minimum absolute atomic E-state index is 0.00976. The normalized spacial score (nSPS) is 18.8. The Morgan fingerprint density at radius 3 is 2.36 bits per heavy atom. The minimum atomic E-state index is 0.00976. The van der Waals surface area contributed by atoms with Crippen molar-refractivity contribution in [2.45, 2.75) is 64.3 Å². The maximum atomic E-state index is 12.9. The van der Waals surface area contributed by atoms with Gasteiger partial charge in [0, 0.05) is 37.7 Å². The van der Waals surface area contributed by atoms with Crippen LogP contribution >= 0.6 is 0 Å². The van der Waals surface area contributed by atoms with Gasteiger partial charge in [0.05, 0.1) is 0 Å². The van der Waals surface area contributed by atoms with Crippen molar-refractivity contribution < 1.29 is 4.79 Å². The molecule has 1 aromatic heterocycles. The van der Waals surface area contributed by atoms with Crippen LogP contribution in [0.1, 0.15) is 77.8 Å². The molecule has 0 bridgehead atoms. The van der Waals surface area contributed by atoms with Crippen molar-refractivity contribution in [2.24, 2.45) is 7.05 Å². The summed E-state index contributed by atoms with van der Waals surface area (Å²) in [5.41, 5.74) is 3.13. The first-order valence-corrected chi connectivity index (χ1v) is 10.5. The lowest BCUT2D eigenvalue weighted by atomic mass is 9.94. The maximum Gasteiger partial charge on any atom is 0.345 e. The molecule has 1 aromatic carbocycles. The van der Waals surface area contributed by atoms with Crippen molar-refractivity contribution in [3.8, 4) is 0 Å². The summed E-state index contributed by atoms with van der Waals surface area (Å²) in [7, 11) is 1.75. The Kier molecular flexibility index (Phi) is 5.13. The van der Waals surface area contributed by atoms with Crippen LogP contribution in [-0.2, 0) is 7.05 Å². The van der Waals surface area contributed by atoms with Crippen LogP contribution in [-0.4, -0.2) is 38.2 Å². The van der Waals surface area contributed by atoms with E-state index in [1.165, 1.54) is 23.1 Å². The molecule has 0 atom stereocenters. The van der Waals surface area contributed by atoms with E-state index in [1.54, 1.807) is 7.05 Å². The molecule has 2 fully saturated rings. The number of carbonyl (C=O) groups is 1.